The van der Waals surface area contributed by atoms with Gasteiger partial charge in [-0.05, 0) is 13.3 Å². The Hall–Kier alpha value is -2.37. The van der Waals surface area contributed by atoms with Crippen LogP contribution >= 0.6 is 0 Å². The molecule has 0 radical (unpaired) electrons. The largest absolute Gasteiger partial charge is 0.334 e. The molecule has 0 spiro atoms. The van der Waals surface area contributed by atoms with Gasteiger partial charge in [0.1, 0.15) is 0 Å². The number of amides is 1. The van der Waals surface area contributed by atoms with E-state index in [2.05, 4.69) is 10.3 Å². The number of hydrogen-bond acceptors (Lipinski definition) is 3. The van der Waals surface area contributed by atoms with Crippen LogP contribution in [0.2, 0.25) is 0 Å². The summed E-state index contributed by atoms with van der Waals surface area (Å²) in [5.41, 5.74) is -0.476. The van der Waals surface area contributed by atoms with Gasteiger partial charge in [0.25, 0.3) is 11.5 Å². The Bertz CT molecular complexity index is 608. The van der Waals surface area contributed by atoms with Crippen molar-refractivity contribution in [2.45, 2.75) is 26.9 Å². The number of carbonyl (C=O) groups excluding carboxylic acids is 1. The van der Waals surface area contributed by atoms with E-state index in [0.29, 0.717) is 5.57 Å². The molecule has 0 unspecified atom stereocenters. The van der Waals surface area contributed by atoms with Crippen LogP contribution in [0.4, 0.5) is 0 Å². The van der Waals surface area contributed by atoms with Gasteiger partial charge in [-0.2, -0.15) is 0 Å². The first kappa shape index (κ1) is 14.7. The van der Waals surface area contributed by atoms with Crippen molar-refractivity contribution in [3.8, 4) is 0 Å². The highest BCUT2D eigenvalue weighted by molar-refractivity contribution is 5.95. The van der Waals surface area contributed by atoms with Crippen molar-refractivity contribution in [1.82, 2.24) is 14.9 Å². The van der Waals surface area contributed by atoms with E-state index in [9.17, 15) is 14.4 Å². The number of aromatic nitrogens is 2. The van der Waals surface area contributed by atoms with Crippen LogP contribution in [0.1, 0.15) is 20.3 Å². The Balaban J connectivity index is 2.75. The normalized spacial score (nSPS) is 11.8. The third-order valence-electron chi connectivity index (χ3n) is 2.34. The van der Waals surface area contributed by atoms with Crippen LogP contribution in [0.5, 0.6) is 0 Å². The lowest BCUT2D eigenvalue weighted by Crippen LogP contribution is -2.35. The van der Waals surface area contributed by atoms with Gasteiger partial charge in [0.2, 0.25) is 0 Å². The van der Waals surface area contributed by atoms with Gasteiger partial charge < -0.3 is 5.32 Å². The van der Waals surface area contributed by atoms with Gasteiger partial charge in [0.05, 0.1) is 6.67 Å². The predicted molar refractivity (Wildman–Crippen MR) is 72.7 cm³/mol. The van der Waals surface area contributed by atoms with Crippen LogP contribution in [-0.4, -0.2) is 15.5 Å². The topological polar surface area (TPSA) is 84.0 Å². The molecule has 19 heavy (non-hydrogen) atoms. The maximum Gasteiger partial charge on any atom is 0.329 e. The van der Waals surface area contributed by atoms with Crippen LogP contribution in [0.15, 0.2) is 45.7 Å². The Morgan fingerprint density at radius 3 is 2.79 bits per heavy atom. The molecule has 1 aromatic rings. The van der Waals surface area contributed by atoms with Gasteiger partial charge in [-0.3, -0.25) is 19.1 Å². The van der Waals surface area contributed by atoms with E-state index in [-0.39, 0.29) is 12.6 Å². The molecule has 0 atom stereocenters. The van der Waals surface area contributed by atoms with E-state index >= 15 is 0 Å². The average Bonchev–Trinajstić information content (AvgIpc) is 2.37. The lowest BCUT2D eigenvalue weighted by atomic mass is 10.2. The van der Waals surface area contributed by atoms with E-state index in [1.54, 1.807) is 18.2 Å². The molecule has 6 heteroatoms. The first-order valence-corrected chi connectivity index (χ1v) is 5.99. The first-order chi connectivity index (χ1) is 9.08. The maximum absolute atomic E-state index is 11.9. The molecule has 0 aliphatic rings. The molecule has 102 valence electrons. The molecule has 1 aromatic heterocycles. The first-order valence-electron chi connectivity index (χ1n) is 5.99. The SMILES string of the molecule is C/C=C\C(=C/CC)C(=O)NCn1ccc(=O)[nH]c1=O. The summed E-state index contributed by atoms with van der Waals surface area (Å²) in [6.45, 7) is 3.76. The minimum atomic E-state index is -0.556. The highest BCUT2D eigenvalue weighted by atomic mass is 16.2. The molecule has 0 saturated heterocycles. The zero-order valence-electron chi connectivity index (χ0n) is 11.0. The van der Waals surface area contributed by atoms with Crippen molar-refractivity contribution in [3.63, 3.8) is 0 Å². The molecule has 0 aliphatic carbocycles. The molecule has 1 heterocycles. The second-order valence-corrected chi connectivity index (χ2v) is 3.81. The monoisotopic (exact) mass is 263 g/mol. The van der Waals surface area contributed by atoms with E-state index in [1.165, 1.54) is 16.8 Å². The molecule has 0 aromatic carbocycles. The fourth-order valence-electron chi connectivity index (χ4n) is 1.46. The second kappa shape index (κ2) is 7.15. The van der Waals surface area contributed by atoms with Crippen molar-refractivity contribution < 1.29 is 4.79 Å². The summed E-state index contributed by atoms with van der Waals surface area (Å²) in [7, 11) is 0. The van der Waals surface area contributed by atoms with Gasteiger partial charge in [0, 0.05) is 17.8 Å². The van der Waals surface area contributed by atoms with Crippen molar-refractivity contribution in [3.05, 3.63) is 56.9 Å². The summed E-state index contributed by atoms with van der Waals surface area (Å²) < 4.78 is 1.21. The molecule has 6 nitrogen and oxygen atoms in total. The average molecular weight is 263 g/mol. The maximum atomic E-state index is 11.9. The summed E-state index contributed by atoms with van der Waals surface area (Å²) in [5, 5.41) is 2.61. The quantitative estimate of drug-likeness (QED) is 0.600. The zero-order valence-corrected chi connectivity index (χ0v) is 11.0. The zero-order chi connectivity index (χ0) is 14.3. The van der Waals surface area contributed by atoms with E-state index in [1.807, 2.05) is 13.8 Å². The summed E-state index contributed by atoms with van der Waals surface area (Å²) >= 11 is 0. The number of H-pyrrole nitrogens is 1. The minimum absolute atomic E-state index is 0.00700. The van der Waals surface area contributed by atoms with Crippen LogP contribution in [-0.2, 0) is 11.5 Å². The van der Waals surface area contributed by atoms with E-state index in [0.717, 1.165) is 6.42 Å². The van der Waals surface area contributed by atoms with Crippen molar-refractivity contribution in [2.75, 3.05) is 0 Å². The number of nitrogens with one attached hydrogen (secondary N) is 2. The molecule has 2 N–H and O–H groups in total. The van der Waals surface area contributed by atoms with Crippen LogP contribution in [0, 0.1) is 0 Å². The predicted octanol–water partition coefficient (Wildman–Crippen LogP) is 0.523. The minimum Gasteiger partial charge on any atom is -0.334 e. The molecule has 1 rings (SSSR count). The molecule has 0 saturated carbocycles. The molecular weight excluding hydrogens is 246 g/mol. The van der Waals surface area contributed by atoms with Gasteiger partial charge in [-0.1, -0.05) is 25.2 Å². The van der Waals surface area contributed by atoms with Crippen molar-refractivity contribution >= 4 is 5.91 Å². The number of allylic oxidation sites excluding steroid dienone is 2. The van der Waals surface area contributed by atoms with Crippen molar-refractivity contribution in [2.24, 2.45) is 0 Å². The van der Waals surface area contributed by atoms with E-state index < -0.39 is 11.2 Å². The fraction of sp³-hybridized carbons (Fsp3) is 0.308. The summed E-state index contributed by atoms with van der Waals surface area (Å²) in [5.74, 6) is -0.266. The molecule has 0 fully saturated rings. The third-order valence-corrected chi connectivity index (χ3v) is 2.34. The lowest BCUT2D eigenvalue weighted by Gasteiger charge is -2.07. The number of carbonyl (C=O) groups is 1. The summed E-state index contributed by atoms with van der Waals surface area (Å²) in [6.07, 6.45) is 7.35. The van der Waals surface area contributed by atoms with Gasteiger partial charge in [-0.25, -0.2) is 4.79 Å². The Kier molecular flexibility index (Phi) is 5.53. The van der Waals surface area contributed by atoms with Crippen molar-refractivity contribution in [1.29, 1.82) is 0 Å². The van der Waals surface area contributed by atoms with Gasteiger partial charge in [-0.15, -0.1) is 0 Å². The van der Waals surface area contributed by atoms with E-state index in [4.69, 9.17) is 0 Å². The third kappa shape index (κ3) is 4.42. The fourth-order valence-corrected chi connectivity index (χ4v) is 1.46. The Morgan fingerprint density at radius 1 is 1.47 bits per heavy atom. The highest BCUT2D eigenvalue weighted by Gasteiger charge is 2.05. The number of aromatic amines is 1. The molecular formula is C13H17N3O3. The van der Waals surface area contributed by atoms with Gasteiger partial charge >= 0.3 is 5.69 Å². The van der Waals surface area contributed by atoms with Gasteiger partial charge in [0.15, 0.2) is 0 Å². The summed E-state index contributed by atoms with van der Waals surface area (Å²) in [6, 6.07) is 1.22. The molecule has 0 aliphatic heterocycles. The summed E-state index contributed by atoms with van der Waals surface area (Å²) in [4.78, 5) is 36.3. The molecule has 0 bridgehead atoms. The highest BCUT2D eigenvalue weighted by Crippen LogP contribution is 1.99. The number of rotatable bonds is 5. The number of nitrogens with zero attached hydrogens (tertiary/aromatic N) is 1. The Morgan fingerprint density at radius 2 is 2.21 bits per heavy atom. The number of hydrogen-bond donors (Lipinski definition) is 2. The van der Waals surface area contributed by atoms with Crippen LogP contribution < -0.4 is 16.6 Å². The van der Waals surface area contributed by atoms with Crippen LogP contribution in [0.3, 0.4) is 0 Å². The Labute approximate surface area is 110 Å². The second-order valence-electron chi connectivity index (χ2n) is 3.81. The smallest absolute Gasteiger partial charge is 0.329 e. The standard InChI is InChI=1S/C13H17N3O3/c1-3-5-10(6-4-2)12(18)14-9-16-8-7-11(17)15-13(16)19/h3,5-8H,4,9H2,1-2H3,(H,14,18)(H,15,17,19)/b5-3-,10-6+. The lowest BCUT2D eigenvalue weighted by molar-refractivity contribution is -0.117. The van der Waals surface area contributed by atoms with Crippen LogP contribution in [0.25, 0.3) is 0 Å². The molecule has 1 amide bonds.